The monoisotopic (exact) mass is 270 g/mol. The molecule has 0 saturated heterocycles. The summed E-state index contributed by atoms with van der Waals surface area (Å²) in [6.07, 6.45) is 5.56. The van der Waals surface area contributed by atoms with E-state index in [0.29, 0.717) is 5.92 Å². The Labute approximate surface area is 98.1 Å². The zero-order chi connectivity index (χ0) is 10.8. The third kappa shape index (κ3) is 2.98. The molecule has 1 aromatic rings. The average Bonchev–Trinajstić information content (AvgIpc) is 3.00. The van der Waals surface area contributed by atoms with Gasteiger partial charge in [0.1, 0.15) is 5.82 Å². The van der Waals surface area contributed by atoms with Gasteiger partial charge in [0, 0.05) is 12.1 Å². The molecule has 1 fully saturated rings. The molecule has 0 bridgehead atoms. The van der Waals surface area contributed by atoms with Gasteiger partial charge in [-0.2, -0.15) is 0 Å². The largest absolute Gasteiger partial charge is 0.393 e. The van der Waals surface area contributed by atoms with E-state index in [2.05, 4.69) is 25.9 Å². The minimum Gasteiger partial charge on any atom is -0.393 e. The Kier molecular flexibility index (Phi) is 3.36. The van der Waals surface area contributed by atoms with Crippen LogP contribution < -0.4 is 0 Å². The molecule has 1 atom stereocenters. The second kappa shape index (κ2) is 4.58. The highest BCUT2D eigenvalue weighted by molar-refractivity contribution is 9.10. The summed E-state index contributed by atoms with van der Waals surface area (Å²) in [5, 5.41) is 9.24. The summed E-state index contributed by atoms with van der Waals surface area (Å²) in [7, 11) is 0. The van der Waals surface area contributed by atoms with Crippen LogP contribution in [-0.2, 0) is 6.42 Å². The summed E-state index contributed by atoms with van der Waals surface area (Å²) in [5.41, 5.74) is 1.02. The number of hydrogen-bond acceptors (Lipinski definition) is 3. The number of nitrogens with zero attached hydrogens (tertiary/aromatic N) is 2. The van der Waals surface area contributed by atoms with Gasteiger partial charge in [0.2, 0.25) is 0 Å². The van der Waals surface area contributed by atoms with E-state index in [1.54, 1.807) is 6.92 Å². The standard InChI is InChI=1S/C11H15BrN2O/c1-7(15)2-5-10-9(12)6-13-11(14-10)8-3-4-8/h6-8,15H,2-5H2,1H3/t7-/m0/s1. The van der Waals surface area contributed by atoms with Gasteiger partial charge in [0.05, 0.1) is 16.3 Å². The van der Waals surface area contributed by atoms with Gasteiger partial charge in [0.25, 0.3) is 0 Å². The molecule has 15 heavy (non-hydrogen) atoms. The van der Waals surface area contributed by atoms with Crippen LogP contribution in [0.2, 0.25) is 0 Å². The molecule has 0 aromatic carbocycles. The lowest BCUT2D eigenvalue weighted by atomic mass is 10.1. The fourth-order valence-corrected chi connectivity index (χ4v) is 1.87. The molecule has 82 valence electrons. The normalized spacial score (nSPS) is 17.8. The van der Waals surface area contributed by atoms with Crippen molar-refractivity contribution in [2.24, 2.45) is 0 Å². The molecular formula is C11H15BrN2O. The molecule has 0 aliphatic heterocycles. The molecule has 0 amide bonds. The molecule has 1 N–H and O–H groups in total. The Bertz CT molecular complexity index is 350. The van der Waals surface area contributed by atoms with Gasteiger partial charge < -0.3 is 5.11 Å². The van der Waals surface area contributed by atoms with Crippen LogP contribution in [-0.4, -0.2) is 21.2 Å². The third-order valence-electron chi connectivity index (χ3n) is 2.58. The van der Waals surface area contributed by atoms with Gasteiger partial charge in [-0.3, -0.25) is 0 Å². The van der Waals surface area contributed by atoms with Crippen LogP contribution in [0.25, 0.3) is 0 Å². The zero-order valence-electron chi connectivity index (χ0n) is 8.78. The minimum atomic E-state index is -0.267. The molecular weight excluding hydrogens is 256 g/mol. The lowest BCUT2D eigenvalue weighted by Gasteiger charge is -2.07. The molecule has 4 heteroatoms. The predicted molar refractivity (Wildman–Crippen MR) is 61.7 cm³/mol. The molecule has 1 aliphatic carbocycles. The Morgan fingerprint density at radius 3 is 2.93 bits per heavy atom. The summed E-state index contributed by atoms with van der Waals surface area (Å²) in [4.78, 5) is 8.84. The SMILES string of the molecule is C[C@H](O)CCc1nc(C2CC2)ncc1Br. The second-order valence-corrected chi connectivity index (χ2v) is 5.04. The third-order valence-corrected chi connectivity index (χ3v) is 3.24. The van der Waals surface area contributed by atoms with E-state index in [0.717, 1.165) is 28.8 Å². The lowest BCUT2D eigenvalue weighted by molar-refractivity contribution is 0.184. The first kappa shape index (κ1) is 11.0. The minimum absolute atomic E-state index is 0.267. The molecule has 1 heterocycles. The molecule has 0 unspecified atom stereocenters. The highest BCUT2D eigenvalue weighted by atomic mass is 79.9. The summed E-state index contributed by atoms with van der Waals surface area (Å²) in [6, 6.07) is 0. The van der Waals surface area contributed by atoms with Gasteiger partial charge >= 0.3 is 0 Å². The van der Waals surface area contributed by atoms with Crippen LogP contribution in [0, 0.1) is 0 Å². The zero-order valence-corrected chi connectivity index (χ0v) is 10.4. The van der Waals surface area contributed by atoms with Crippen molar-refractivity contribution in [1.82, 2.24) is 9.97 Å². The van der Waals surface area contributed by atoms with E-state index in [9.17, 15) is 5.11 Å². The van der Waals surface area contributed by atoms with Crippen molar-refractivity contribution in [3.63, 3.8) is 0 Å². The number of hydrogen-bond donors (Lipinski definition) is 1. The fraction of sp³-hybridized carbons (Fsp3) is 0.636. The van der Waals surface area contributed by atoms with Crippen LogP contribution in [0.3, 0.4) is 0 Å². The highest BCUT2D eigenvalue weighted by Crippen LogP contribution is 2.38. The maximum absolute atomic E-state index is 9.24. The van der Waals surface area contributed by atoms with E-state index in [1.807, 2.05) is 6.20 Å². The van der Waals surface area contributed by atoms with E-state index in [1.165, 1.54) is 12.8 Å². The van der Waals surface area contributed by atoms with Crippen molar-refractivity contribution in [3.05, 3.63) is 22.2 Å². The Morgan fingerprint density at radius 2 is 2.33 bits per heavy atom. The van der Waals surface area contributed by atoms with Crippen molar-refractivity contribution in [3.8, 4) is 0 Å². The summed E-state index contributed by atoms with van der Waals surface area (Å²) in [5.74, 6) is 1.56. The number of aliphatic hydroxyl groups is 1. The van der Waals surface area contributed by atoms with Crippen molar-refractivity contribution < 1.29 is 5.11 Å². The molecule has 0 radical (unpaired) electrons. The van der Waals surface area contributed by atoms with E-state index >= 15 is 0 Å². The van der Waals surface area contributed by atoms with Gasteiger partial charge in [-0.25, -0.2) is 9.97 Å². The second-order valence-electron chi connectivity index (χ2n) is 4.18. The Hall–Kier alpha value is -0.480. The number of halogens is 1. The summed E-state index contributed by atoms with van der Waals surface area (Å²) in [6.45, 7) is 1.80. The summed E-state index contributed by atoms with van der Waals surface area (Å²) < 4.78 is 0.951. The first-order chi connectivity index (χ1) is 7.16. The first-order valence-corrected chi connectivity index (χ1v) is 6.15. The maximum atomic E-state index is 9.24. The molecule has 2 rings (SSSR count). The molecule has 3 nitrogen and oxygen atoms in total. The van der Waals surface area contributed by atoms with Gasteiger partial charge in [-0.05, 0) is 48.5 Å². The van der Waals surface area contributed by atoms with Crippen LogP contribution in [0.5, 0.6) is 0 Å². The predicted octanol–water partition coefficient (Wildman–Crippen LogP) is 2.43. The van der Waals surface area contributed by atoms with Gasteiger partial charge in [-0.15, -0.1) is 0 Å². The van der Waals surface area contributed by atoms with Crippen LogP contribution in [0.1, 0.15) is 43.6 Å². The van der Waals surface area contributed by atoms with E-state index < -0.39 is 0 Å². The quantitative estimate of drug-likeness (QED) is 0.914. The topological polar surface area (TPSA) is 46.0 Å². The average molecular weight is 271 g/mol. The molecule has 1 saturated carbocycles. The van der Waals surface area contributed by atoms with Crippen molar-refractivity contribution >= 4 is 15.9 Å². The van der Waals surface area contributed by atoms with Crippen LogP contribution in [0.4, 0.5) is 0 Å². The Morgan fingerprint density at radius 1 is 1.60 bits per heavy atom. The van der Waals surface area contributed by atoms with Crippen molar-refractivity contribution in [2.45, 2.75) is 44.6 Å². The van der Waals surface area contributed by atoms with Gasteiger partial charge in [0.15, 0.2) is 0 Å². The smallest absolute Gasteiger partial charge is 0.131 e. The van der Waals surface area contributed by atoms with E-state index in [4.69, 9.17) is 0 Å². The number of aliphatic hydroxyl groups excluding tert-OH is 1. The number of aryl methyl sites for hydroxylation is 1. The maximum Gasteiger partial charge on any atom is 0.131 e. The highest BCUT2D eigenvalue weighted by Gasteiger charge is 2.26. The molecule has 1 aromatic heterocycles. The number of rotatable bonds is 4. The van der Waals surface area contributed by atoms with Crippen LogP contribution >= 0.6 is 15.9 Å². The fourth-order valence-electron chi connectivity index (χ4n) is 1.48. The van der Waals surface area contributed by atoms with E-state index in [-0.39, 0.29) is 6.10 Å². The van der Waals surface area contributed by atoms with Gasteiger partial charge in [-0.1, -0.05) is 0 Å². The molecule has 1 aliphatic rings. The Balaban J connectivity index is 2.09. The molecule has 0 spiro atoms. The summed E-state index contributed by atoms with van der Waals surface area (Å²) >= 11 is 3.44. The van der Waals surface area contributed by atoms with Crippen LogP contribution in [0.15, 0.2) is 10.7 Å². The van der Waals surface area contributed by atoms with Crippen molar-refractivity contribution in [2.75, 3.05) is 0 Å². The first-order valence-electron chi connectivity index (χ1n) is 5.36. The van der Waals surface area contributed by atoms with Crippen molar-refractivity contribution in [1.29, 1.82) is 0 Å². The number of aromatic nitrogens is 2. The lowest BCUT2D eigenvalue weighted by Crippen LogP contribution is -2.05.